The van der Waals surface area contributed by atoms with E-state index in [1.807, 2.05) is 24.3 Å². The highest BCUT2D eigenvalue weighted by atomic mass is 35.5. The lowest BCUT2D eigenvalue weighted by Gasteiger charge is -2.16. The minimum Gasteiger partial charge on any atom is -0.465 e. The minimum atomic E-state index is -0.864. The fourth-order valence-electron chi connectivity index (χ4n) is 2.52. The quantitative estimate of drug-likeness (QED) is 0.892. The first kappa shape index (κ1) is 13.0. The van der Waals surface area contributed by atoms with Gasteiger partial charge < -0.3 is 15.3 Å². The number of aromatic nitrogens is 1. The van der Waals surface area contributed by atoms with Crippen LogP contribution in [0.4, 0.5) is 10.5 Å². The Bertz CT molecular complexity index is 662. The van der Waals surface area contributed by atoms with Crippen molar-refractivity contribution in [3.05, 3.63) is 35.5 Å². The van der Waals surface area contributed by atoms with Gasteiger partial charge in [0.2, 0.25) is 0 Å². The zero-order chi connectivity index (χ0) is 14.1. The molecule has 1 aromatic heterocycles. The molecule has 1 atom stereocenters. The van der Waals surface area contributed by atoms with Gasteiger partial charge >= 0.3 is 6.09 Å². The molecule has 2 N–H and O–H groups in total. The first-order valence-corrected chi connectivity index (χ1v) is 6.80. The molecule has 20 heavy (non-hydrogen) atoms. The van der Waals surface area contributed by atoms with Gasteiger partial charge in [-0.3, -0.25) is 4.98 Å². The van der Waals surface area contributed by atoms with Crippen molar-refractivity contribution in [2.75, 3.05) is 18.4 Å². The lowest BCUT2D eigenvalue weighted by Crippen LogP contribution is -2.30. The zero-order valence-corrected chi connectivity index (χ0v) is 11.5. The van der Waals surface area contributed by atoms with E-state index in [1.54, 1.807) is 6.20 Å². The maximum Gasteiger partial charge on any atom is 0.407 e. The summed E-state index contributed by atoms with van der Waals surface area (Å²) in [6.07, 6.45) is 1.56. The molecule has 1 aliphatic rings. The van der Waals surface area contributed by atoms with E-state index in [4.69, 9.17) is 16.7 Å². The van der Waals surface area contributed by atoms with Gasteiger partial charge in [0, 0.05) is 36.4 Å². The third kappa shape index (κ3) is 2.49. The molecule has 3 rings (SSSR count). The number of carbonyl (C=O) groups is 1. The van der Waals surface area contributed by atoms with Gasteiger partial charge in [0.1, 0.15) is 0 Å². The van der Waals surface area contributed by atoms with E-state index in [1.165, 1.54) is 4.90 Å². The summed E-state index contributed by atoms with van der Waals surface area (Å²) in [4.78, 5) is 16.6. The van der Waals surface area contributed by atoms with Crippen molar-refractivity contribution in [3.63, 3.8) is 0 Å². The van der Waals surface area contributed by atoms with Gasteiger partial charge in [0.15, 0.2) is 0 Å². The highest BCUT2D eigenvalue weighted by Crippen LogP contribution is 2.26. The monoisotopic (exact) mass is 291 g/mol. The van der Waals surface area contributed by atoms with Gasteiger partial charge in [-0.2, -0.15) is 0 Å². The SMILES string of the molecule is O=C(O)N1CC[C@@H](Nc2cccc3ncc(Cl)cc23)C1. The molecule has 104 valence electrons. The Kier molecular flexibility index (Phi) is 3.36. The maximum atomic E-state index is 10.9. The zero-order valence-electron chi connectivity index (χ0n) is 10.7. The molecule has 0 aliphatic carbocycles. The molecule has 1 aromatic carbocycles. The van der Waals surface area contributed by atoms with Gasteiger partial charge in [0.05, 0.1) is 10.5 Å². The number of anilines is 1. The van der Waals surface area contributed by atoms with E-state index in [0.717, 1.165) is 23.0 Å². The first-order chi connectivity index (χ1) is 9.63. The van der Waals surface area contributed by atoms with Gasteiger partial charge in [-0.1, -0.05) is 17.7 Å². The van der Waals surface area contributed by atoms with Crippen LogP contribution in [0.2, 0.25) is 5.02 Å². The molecule has 6 heteroatoms. The summed E-state index contributed by atoms with van der Waals surface area (Å²) in [6, 6.07) is 7.81. The van der Waals surface area contributed by atoms with Crippen molar-refractivity contribution in [2.45, 2.75) is 12.5 Å². The Hall–Kier alpha value is -2.01. The Morgan fingerprint density at radius 3 is 3.10 bits per heavy atom. The summed E-state index contributed by atoms with van der Waals surface area (Å²) >= 11 is 6.00. The van der Waals surface area contributed by atoms with Crippen LogP contribution in [0.25, 0.3) is 10.9 Å². The standard InChI is InChI=1S/C14H14ClN3O2/c15-9-6-11-12(16-7-9)2-1-3-13(11)17-10-4-5-18(8-10)14(19)20/h1-3,6-7,10,17H,4-5,8H2,(H,19,20)/t10-/m1/s1. The van der Waals surface area contributed by atoms with Crippen molar-refractivity contribution in [1.29, 1.82) is 0 Å². The Balaban J connectivity index is 1.85. The number of carboxylic acid groups (broad SMARTS) is 1. The molecule has 0 radical (unpaired) electrons. The average Bonchev–Trinajstić information content (AvgIpc) is 2.88. The summed E-state index contributed by atoms with van der Waals surface area (Å²) in [7, 11) is 0. The predicted molar refractivity (Wildman–Crippen MR) is 78.4 cm³/mol. The summed E-state index contributed by atoms with van der Waals surface area (Å²) in [5.41, 5.74) is 1.81. The van der Waals surface area contributed by atoms with Crippen LogP contribution in [0.1, 0.15) is 6.42 Å². The molecule has 1 aliphatic heterocycles. The number of fused-ring (bicyclic) bond motifs is 1. The van der Waals surface area contributed by atoms with Crippen LogP contribution in [0.5, 0.6) is 0 Å². The van der Waals surface area contributed by atoms with E-state index in [-0.39, 0.29) is 6.04 Å². The molecule has 1 saturated heterocycles. The van der Waals surface area contributed by atoms with Crippen molar-refractivity contribution in [2.24, 2.45) is 0 Å². The number of halogens is 1. The van der Waals surface area contributed by atoms with Crippen molar-refractivity contribution < 1.29 is 9.90 Å². The van der Waals surface area contributed by atoms with Crippen LogP contribution in [0.15, 0.2) is 30.5 Å². The van der Waals surface area contributed by atoms with Gasteiger partial charge in [-0.15, -0.1) is 0 Å². The van der Waals surface area contributed by atoms with Gasteiger partial charge in [-0.25, -0.2) is 4.79 Å². The molecule has 0 unspecified atom stereocenters. The smallest absolute Gasteiger partial charge is 0.407 e. The van der Waals surface area contributed by atoms with Crippen LogP contribution >= 0.6 is 11.6 Å². The van der Waals surface area contributed by atoms with Crippen molar-refractivity contribution in [1.82, 2.24) is 9.88 Å². The molecule has 5 nitrogen and oxygen atoms in total. The highest BCUT2D eigenvalue weighted by molar-refractivity contribution is 6.31. The maximum absolute atomic E-state index is 10.9. The molecule has 1 fully saturated rings. The molecule has 0 saturated carbocycles. The van der Waals surface area contributed by atoms with Gasteiger partial charge in [-0.05, 0) is 24.6 Å². The van der Waals surface area contributed by atoms with E-state index in [9.17, 15) is 4.79 Å². The molecule has 1 amide bonds. The third-order valence-electron chi connectivity index (χ3n) is 3.51. The Morgan fingerprint density at radius 2 is 2.35 bits per heavy atom. The first-order valence-electron chi connectivity index (χ1n) is 6.42. The highest BCUT2D eigenvalue weighted by Gasteiger charge is 2.25. The number of hydrogen-bond donors (Lipinski definition) is 2. The predicted octanol–water partition coefficient (Wildman–Crippen LogP) is 3.05. The van der Waals surface area contributed by atoms with Crippen LogP contribution in [-0.4, -0.2) is 40.2 Å². The number of rotatable bonds is 2. The van der Waals surface area contributed by atoms with Crippen LogP contribution in [-0.2, 0) is 0 Å². The van der Waals surface area contributed by atoms with Crippen molar-refractivity contribution in [3.8, 4) is 0 Å². The molecular formula is C14H14ClN3O2. The molecular weight excluding hydrogens is 278 g/mol. The summed E-state index contributed by atoms with van der Waals surface area (Å²) in [5.74, 6) is 0. The lowest BCUT2D eigenvalue weighted by atomic mass is 10.1. The number of nitrogens with one attached hydrogen (secondary N) is 1. The Labute approximate surface area is 121 Å². The van der Waals surface area contributed by atoms with E-state index in [2.05, 4.69) is 10.3 Å². The summed E-state index contributed by atoms with van der Waals surface area (Å²) in [5, 5.41) is 13.9. The normalized spacial score (nSPS) is 18.4. The lowest BCUT2D eigenvalue weighted by molar-refractivity contribution is 0.155. The third-order valence-corrected chi connectivity index (χ3v) is 3.72. The van der Waals surface area contributed by atoms with Crippen LogP contribution < -0.4 is 5.32 Å². The van der Waals surface area contributed by atoms with E-state index in [0.29, 0.717) is 18.1 Å². The summed E-state index contributed by atoms with van der Waals surface area (Å²) in [6.45, 7) is 1.07. The number of hydrogen-bond acceptors (Lipinski definition) is 3. The number of pyridine rings is 1. The van der Waals surface area contributed by atoms with Crippen LogP contribution in [0, 0.1) is 0 Å². The fourth-order valence-corrected chi connectivity index (χ4v) is 2.68. The minimum absolute atomic E-state index is 0.121. The van der Waals surface area contributed by atoms with E-state index < -0.39 is 6.09 Å². The second-order valence-electron chi connectivity index (χ2n) is 4.88. The molecule has 0 spiro atoms. The molecule has 2 aromatic rings. The van der Waals surface area contributed by atoms with E-state index >= 15 is 0 Å². The number of nitrogens with zero attached hydrogens (tertiary/aromatic N) is 2. The second-order valence-corrected chi connectivity index (χ2v) is 5.32. The Morgan fingerprint density at radius 1 is 1.50 bits per heavy atom. The summed E-state index contributed by atoms with van der Waals surface area (Å²) < 4.78 is 0. The van der Waals surface area contributed by atoms with Gasteiger partial charge in [0.25, 0.3) is 0 Å². The molecule has 2 heterocycles. The topological polar surface area (TPSA) is 65.5 Å². The molecule has 0 bridgehead atoms. The van der Waals surface area contributed by atoms with Crippen molar-refractivity contribution >= 4 is 34.3 Å². The number of amides is 1. The average molecular weight is 292 g/mol. The largest absolute Gasteiger partial charge is 0.465 e. The number of benzene rings is 1. The fraction of sp³-hybridized carbons (Fsp3) is 0.286. The van der Waals surface area contributed by atoms with Crippen LogP contribution in [0.3, 0.4) is 0 Å². The second kappa shape index (κ2) is 5.17. The number of likely N-dealkylation sites (tertiary alicyclic amines) is 1.